The lowest BCUT2D eigenvalue weighted by molar-refractivity contribution is 0.103. The number of hydrogen-bond donors (Lipinski definition) is 0. The molecule has 0 N–H and O–H groups in total. The van der Waals surface area contributed by atoms with Gasteiger partial charge in [0.25, 0.3) is 0 Å². The van der Waals surface area contributed by atoms with Crippen LogP contribution in [0.5, 0.6) is 11.6 Å². The van der Waals surface area contributed by atoms with Crippen LogP contribution in [0.3, 0.4) is 0 Å². The molecule has 1 heterocycles. The van der Waals surface area contributed by atoms with Crippen molar-refractivity contribution in [3.05, 3.63) is 69.9 Å². The monoisotopic (exact) mass is 442 g/mol. The van der Waals surface area contributed by atoms with Crippen molar-refractivity contribution in [1.82, 2.24) is 9.78 Å². The number of aryl methyl sites for hydroxylation is 3. The smallest absolute Gasteiger partial charge is 0.223 e. The molecule has 3 aromatic rings. The van der Waals surface area contributed by atoms with Gasteiger partial charge in [-0.3, -0.25) is 4.79 Å². The first-order chi connectivity index (χ1) is 14.5. The van der Waals surface area contributed by atoms with Crippen LogP contribution in [-0.4, -0.2) is 37.3 Å². The Morgan fingerprint density at radius 2 is 1.74 bits per heavy atom. The number of ketones is 1. The van der Waals surface area contributed by atoms with Gasteiger partial charge in [0.05, 0.1) is 23.8 Å². The molecule has 0 aliphatic carbocycles. The number of benzene rings is 2. The summed E-state index contributed by atoms with van der Waals surface area (Å²) in [5, 5.41) is 4.18. The van der Waals surface area contributed by atoms with Crippen molar-refractivity contribution >= 4 is 15.6 Å². The number of carbonyl (C=O) groups is 1. The van der Waals surface area contributed by atoms with E-state index in [0.29, 0.717) is 17.0 Å². The van der Waals surface area contributed by atoms with E-state index in [1.54, 1.807) is 27.0 Å². The Morgan fingerprint density at radius 1 is 1.10 bits per heavy atom. The fourth-order valence-electron chi connectivity index (χ4n) is 3.69. The van der Waals surface area contributed by atoms with Crippen molar-refractivity contribution in [2.24, 2.45) is 7.05 Å². The molecule has 0 fully saturated rings. The Balaban J connectivity index is 2.01. The molecule has 8 heteroatoms. The van der Waals surface area contributed by atoms with Gasteiger partial charge >= 0.3 is 0 Å². The number of carbonyl (C=O) groups excluding carboxylic acids is 1. The van der Waals surface area contributed by atoms with Crippen LogP contribution in [0.1, 0.15) is 38.2 Å². The Hall–Kier alpha value is -3.13. The van der Waals surface area contributed by atoms with Crippen molar-refractivity contribution in [2.45, 2.75) is 32.3 Å². The number of ether oxygens (including phenoxy) is 2. The van der Waals surface area contributed by atoms with E-state index in [0.717, 1.165) is 17.4 Å². The van der Waals surface area contributed by atoms with Crippen LogP contribution >= 0.6 is 0 Å². The second-order valence-corrected chi connectivity index (χ2v) is 9.54. The fourth-order valence-corrected chi connectivity index (χ4v) is 4.98. The van der Waals surface area contributed by atoms with Crippen LogP contribution in [0.25, 0.3) is 0 Å². The van der Waals surface area contributed by atoms with Gasteiger partial charge in [0.1, 0.15) is 17.9 Å². The van der Waals surface area contributed by atoms with Gasteiger partial charge < -0.3 is 9.47 Å². The topological polar surface area (TPSA) is 87.5 Å². The van der Waals surface area contributed by atoms with E-state index >= 15 is 0 Å². The van der Waals surface area contributed by atoms with Crippen molar-refractivity contribution in [3.8, 4) is 11.6 Å². The van der Waals surface area contributed by atoms with Crippen molar-refractivity contribution in [2.75, 3.05) is 13.4 Å². The van der Waals surface area contributed by atoms with Gasteiger partial charge in [0.2, 0.25) is 11.7 Å². The predicted octanol–water partition coefficient (Wildman–Crippen LogP) is 3.57. The van der Waals surface area contributed by atoms with E-state index in [9.17, 15) is 13.2 Å². The zero-order chi connectivity index (χ0) is 22.9. The molecule has 0 aliphatic heterocycles. The van der Waals surface area contributed by atoms with Gasteiger partial charge in [-0.2, -0.15) is 5.10 Å². The predicted molar refractivity (Wildman–Crippen MR) is 118 cm³/mol. The van der Waals surface area contributed by atoms with Crippen molar-refractivity contribution in [3.63, 3.8) is 0 Å². The molecule has 0 saturated carbocycles. The number of nitrogens with zero attached hydrogens (tertiary/aromatic N) is 2. The highest BCUT2D eigenvalue weighted by Crippen LogP contribution is 2.35. The quantitative estimate of drug-likeness (QED) is 0.520. The van der Waals surface area contributed by atoms with Gasteiger partial charge in [-0.25, -0.2) is 13.1 Å². The number of aromatic nitrogens is 2. The lowest BCUT2D eigenvalue weighted by Crippen LogP contribution is -2.12. The molecule has 0 radical (unpaired) electrons. The molecule has 31 heavy (non-hydrogen) atoms. The maximum Gasteiger partial charge on any atom is 0.223 e. The fraction of sp³-hybridized carbons (Fsp3) is 0.304. The lowest BCUT2D eigenvalue weighted by Gasteiger charge is -2.16. The summed E-state index contributed by atoms with van der Waals surface area (Å²) in [5.74, 6) is 0.203. The molecule has 0 atom stereocenters. The number of rotatable bonds is 7. The number of sulfone groups is 1. The minimum absolute atomic E-state index is 0.169. The minimum atomic E-state index is -3.48. The molecule has 2 aromatic carbocycles. The standard InChI is InChI=1S/C23H26N2O5S/c1-14-7-9-17(10-8-14)13-30-23-19(12-24-25(23)4)20(26)18-11-15(2)22(31(6,27)28)16(3)21(18)29-5/h7-12H,13H2,1-6H3. The molecule has 0 aliphatic rings. The van der Waals surface area contributed by atoms with Gasteiger partial charge in [-0.1, -0.05) is 29.8 Å². The molecular formula is C23H26N2O5S. The highest BCUT2D eigenvalue weighted by Gasteiger charge is 2.27. The summed E-state index contributed by atoms with van der Waals surface area (Å²) >= 11 is 0. The summed E-state index contributed by atoms with van der Waals surface area (Å²) < 4.78 is 37.3. The minimum Gasteiger partial charge on any atom is -0.496 e. The highest BCUT2D eigenvalue weighted by molar-refractivity contribution is 7.90. The zero-order valence-corrected chi connectivity index (χ0v) is 19.3. The molecule has 0 unspecified atom stereocenters. The first-order valence-corrected chi connectivity index (χ1v) is 11.6. The third kappa shape index (κ3) is 4.49. The zero-order valence-electron chi connectivity index (χ0n) is 18.5. The van der Waals surface area contributed by atoms with Crippen molar-refractivity contribution < 1.29 is 22.7 Å². The molecular weight excluding hydrogens is 416 g/mol. The SMILES string of the molecule is COc1c(C(=O)c2cnn(C)c2OCc2ccc(C)cc2)cc(C)c(S(C)(=O)=O)c1C. The Morgan fingerprint density at radius 3 is 2.32 bits per heavy atom. The third-order valence-corrected chi connectivity index (χ3v) is 6.46. The van der Waals surface area contributed by atoms with Crippen molar-refractivity contribution in [1.29, 1.82) is 0 Å². The van der Waals surface area contributed by atoms with E-state index in [1.807, 2.05) is 31.2 Å². The summed E-state index contributed by atoms with van der Waals surface area (Å²) in [6.45, 7) is 5.59. The van der Waals surface area contributed by atoms with Gasteiger partial charge in [0, 0.05) is 18.9 Å². The first-order valence-electron chi connectivity index (χ1n) is 9.67. The maximum absolute atomic E-state index is 13.4. The van der Waals surface area contributed by atoms with Crippen LogP contribution < -0.4 is 9.47 Å². The van der Waals surface area contributed by atoms with E-state index < -0.39 is 9.84 Å². The average Bonchev–Trinajstić information content (AvgIpc) is 3.06. The molecule has 1 aromatic heterocycles. The summed E-state index contributed by atoms with van der Waals surface area (Å²) in [5.41, 5.74) is 3.54. The van der Waals surface area contributed by atoms with Crippen LogP contribution in [0.2, 0.25) is 0 Å². The summed E-state index contributed by atoms with van der Waals surface area (Å²) in [4.78, 5) is 13.6. The number of hydrogen-bond acceptors (Lipinski definition) is 6. The number of methoxy groups -OCH3 is 1. The van der Waals surface area contributed by atoms with E-state index in [-0.39, 0.29) is 34.2 Å². The lowest BCUT2D eigenvalue weighted by atomic mass is 9.99. The van der Waals surface area contributed by atoms with Crippen LogP contribution in [0.4, 0.5) is 0 Å². The van der Waals surface area contributed by atoms with E-state index in [4.69, 9.17) is 9.47 Å². The molecule has 3 rings (SSSR count). The Labute approximate surface area is 182 Å². The second-order valence-electron chi connectivity index (χ2n) is 7.59. The first kappa shape index (κ1) is 22.6. The van der Waals surface area contributed by atoms with Crippen LogP contribution in [0.15, 0.2) is 41.4 Å². The Kier molecular flexibility index (Phi) is 6.22. The molecule has 0 bridgehead atoms. The largest absolute Gasteiger partial charge is 0.496 e. The third-order valence-electron chi connectivity index (χ3n) is 5.09. The van der Waals surface area contributed by atoms with Crippen LogP contribution in [-0.2, 0) is 23.5 Å². The molecule has 0 saturated heterocycles. The summed E-state index contributed by atoms with van der Waals surface area (Å²) in [6.07, 6.45) is 2.59. The maximum atomic E-state index is 13.4. The summed E-state index contributed by atoms with van der Waals surface area (Å²) in [6, 6.07) is 9.46. The normalized spacial score (nSPS) is 11.4. The second kappa shape index (κ2) is 8.55. The summed E-state index contributed by atoms with van der Waals surface area (Å²) in [7, 11) is -0.371. The van der Waals surface area contributed by atoms with Gasteiger partial charge in [0.15, 0.2) is 9.84 Å². The molecule has 164 valence electrons. The van der Waals surface area contributed by atoms with Gasteiger partial charge in [-0.15, -0.1) is 0 Å². The molecule has 7 nitrogen and oxygen atoms in total. The highest BCUT2D eigenvalue weighted by atomic mass is 32.2. The molecule has 0 spiro atoms. The van der Waals surface area contributed by atoms with Crippen LogP contribution in [0, 0.1) is 20.8 Å². The Bertz CT molecular complexity index is 1240. The average molecular weight is 443 g/mol. The van der Waals surface area contributed by atoms with Gasteiger partial charge in [-0.05, 0) is 38.0 Å². The molecule has 0 amide bonds. The van der Waals surface area contributed by atoms with E-state index in [1.165, 1.54) is 18.0 Å². The van der Waals surface area contributed by atoms with E-state index in [2.05, 4.69) is 5.10 Å².